The molecule has 2 fully saturated rings. The summed E-state index contributed by atoms with van der Waals surface area (Å²) in [6.07, 6.45) is 4.00. The molecule has 150 valence electrons. The number of thioether (sulfide) groups is 1. The van der Waals surface area contributed by atoms with E-state index >= 15 is 0 Å². The Bertz CT molecular complexity index is 835. The van der Waals surface area contributed by atoms with Crippen LogP contribution < -0.4 is 5.32 Å². The Labute approximate surface area is 177 Å². The van der Waals surface area contributed by atoms with Crippen molar-refractivity contribution in [2.75, 3.05) is 19.8 Å². The second-order valence-corrected chi connectivity index (χ2v) is 9.74. The Morgan fingerprint density at radius 3 is 2.93 bits per heavy atom. The minimum Gasteiger partial charge on any atom is -0.381 e. The molecule has 2 aromatic rings. The molecule has 1 aliphatic heterocycles. The molecular formula is C19H24BrN5O2S. The predicted molar refractivity (Wildman–Crippen MR) is 110 cm³/mol. The first-order chi connectivity index (χ1) is 13.6. The Morgan fingerprint density at radius 2 is 2.21 bits per heavy atom. The fourth-order valence-electron chi connectivity index (χ4n) is 3.57. The van der Waals surface area contributed by atoms with Crippen LogP contribution in [0.1, 0.15) is 44.2 Å². The van der Waals surface area contributed by atoms with E-state index in [9.17, 15) is 4.79 Å². The maximum atomic E-state index is 12.8. The molecule has 1 saturated carbocycles. The van der Waals surface area contributed by atoms with E-state index in [0.29, 0.717) is 25.8 Å². The van der Waals surface area contributed by atoms with Crippen LogP contribution in [0, 0.1) is 0 Å². The van der Waals surface area contributed by atoms with E-state index in [4.69, 9.17) is 4.74 Å². The van der Waals surface area contributed by atoms with Crippen molar-refractivity contribution >= 4 is 33.6 Å². The number of rotatable bonds is 7. The lowest BCUT2D eigenvalue weighted by Gasteiger charge is -2.38. The van der Waals surface area contributed by atoms with Crippen molar-refractivity contribution in [2.24, 2.45) is 0 Å². The molecule has 7 nitrogen and oxygen atoms in total. The van der Waals surface area contributed by atoms with Crippen LogP contribution in [0.2, 0.25) is 0 Å². The van der Waals surface area contributed by atoms with Crippen LogP contribution in [0.5, 0.6) is 0 Å². The highest BCUT2D eigenvalue weighted by Crippen LogP contribution is 2.38. The van der Waals surface area contributed by atoms with Gasteiger partial charge in [0.15, 0.2) is 0 Å². The van der Waals surface area contributed by atoms with Crippen LogP contribution in [0.25, 0.3) is 0 Å². The number of hydrogen-bond acceptors (Lipinski definition) is 6. The third kappa shape index (κ3) is 4.41. The van der Waals surface area contributed by atoms with Gasteiger partial charge in [0.05, 0.1) is 11.3 Å². The zero-order valence-electron chi connectivity index (χ0n) is 15.8. The highest BCUT2D eigenvalue weighted by molar-refractivity contribution is 9.10. The molecule has 1 amide bonds. The summed E-state index contributed by atoms with van der Waals surface area (Å²) in [6, 6.07) is 8.77. The molecule has 1 aromatic heterocycles. The molecule has 1 N–H and O–H groups in total. The van der Waals surface area contributed by atoms with E-state index in [1.54, 1.807) is 0 Å². The Morgan fingerprint density at radius 1 is 1.43 bits per heavy atom. The molecule has 1 aliphatic carbocycles. The topological polar surface area (TPSA) is 81.9 Å². The molecule has 1 saturated heterocycles. The molecule has 28 heavy (non-hydrogen) atoms. The smallest absolute Gasteiger partial charge is 0.233 e. The fraction of sp³-hybridized carbons (Fsp3) is 0.579. The standard InChI is InChI=1S/C19H24BrN5O2S/c1-13(28-18-22-23-24-25(18)16-5-6-16)17(26)21-12-19(7-9-27-10-8-19)14-3-2-4-15(20)11-14/h2-4,11,13,16H,5-10,12H2,1H3,(H,21,26). The number of carbonyl (C=O) groups excluding carboxylic acids is 1. The van der Waals surface area contributed by atoms with Crippen molar-refractivity contribution in [3.05, 3.63) is 34.3 Å². The van der Waals surface area contributed by atoms with Crippen molar-refractivity contribution < 1.29 is 9.53 Å². The highest BCUT2D eigenvalue weighted by atomic mass is 79.9. The Hall–Kier alpha value is -1.45. The first-order valence-electron chi connectivity index (χ1n) is 9.63. The molecular weight excluding hydrogens is 442 g/mol. The van der Waals surface area contributed by atoms with Gasteiger partial charge in [0, 0.05) is 29.6 Å². The van der Waals surface area contributed by atoms with E-state index in [1.165, 1.54) is 17.3 Å². The van der Waals surface area contributed by atoms with Gasteiger partial charge in [-0.05, 0) is 60.7 Å². The minimum absolute atomic E-state index is 0.0104. The number of benzene rings is 1. The number of aromatic nitrogens is 4. The maximum Gasteiger partial charge on any atom is 0.233 e. The van der Waals surface area contributed by atoms with E-state index < -0.39 is 0 Å². The van der Waals surface area contributed by atoms with Crippen molar-refractivity contribution in [3.8, 4) is 0 Å². The van der Waals surface area contributed by atoms with E-state index in [2.05, 4.69) is 55.0 Å². The van der Waals surface area contributed by atoms with Gasteiger partial charge in [0.1, 0.15) is 0 Å². The fourth-order valence-corrected chi connectivity index (χ4v) is 4.85. The molecule has 2 heterocycles. The summed E-state index contributed by atoms with van der Waals surface area (Å²) >= 11 is 4.99. The van der Waals surface area contributed by atoms with Gasteiger partial charge in [0.2, 0.25) is 11.1 Å². The number of amides is 1. The van der Waals surface area contributed by atoms with Crippen LogP contribution in [0.15, 0.2) is 33.9 Å². The number of hydrogen-bond donors (Lipinski definition) is 1. The van der Waals surface area contributed by atoms with Gasteiger partial charge in [-0.2, -0.15) is 0 Å². The third-order valence-corrected chi connectivity index (χ3v) is 7.04. The monoisotopic (exact) mass is 465 g/mol. The molecule has 1 atom stereocenters. The molecule has 0 bridgehead atoms. The number of halogens is 1. The number of tetrazole rings is 1. The van der Waals surface area contributed by atoms with Gasteiger partial charge in [0.25, 0.3) is 0 Å². The summed E-state index contributed by atoms with van der Waals surface area (Å²) in [7, 11) is 0. The van der Waals surface area contributed by atoms with Crippen LogP contribution >= 0.6 is 27.7 Å². The van der Waals surface area contributed by atoms with Gasteiger partial charge in [-0.1, -0.05) is 39.8 Å². The summed E-state index contributed by atoms with van der Waals surface area (Å²) in [5.41, 5.74) is 1.14. The third-order valence-electron chi connectivity index (χ3n) is 5.49. The second kappa shape index (κ2) is 8.51. The van der Waals surface area contributed by atoms with Gasteiger partial charge < -0.3 is 10.1 Å². The lowest BCUT2D eigenvalue weighted by molar-refractivity contribution is -0.120. The minimum atomic E-state index is -0.261. The van der Waals surface area contributed by atoms with Gasteiger partial charge >= 0.3 is 0 Å². The molecule has 1 aromatic carbocycles. The normalized spacial score (nSPS) is 19.9. The Kier molecular flexibility index (Phi) is 6.03. The van der Waals surface area contributed by atoms with Crippen LogP contribution in [-0.2, 0) is 14.9 Å². The molecule has 2 aliphatic rings. The number of carbonyl (C=O) groups is 1. The largest absolute Gasteiger partial charge is 0.381 e. The number of nitrogens with zero attached hydrogens (tertiary/aromatic N) is 4. The first-order valence-corrected chi connectivity index (χ1v) is 11.3. The van der Waals surface area contributed by atoms with Crippen LogP contribution in [0.3, 0.4) is 0 Å². The second-order valence-electron chi connectivity index (χ2n) is 7.52. The van der Waals surface area contributed by atoms with Crippen LogP contribution in [-0.4, -0.2) is 51.1 Å². The maximum absolute atomic E-state index is 12.8. The predicted octanol–water partition coefficient (Wildman–Crippen LogP) is 3.12. The molecule has 0 radical (unpaired) electrons. The Balaban J connectivity index is 1.41. The average Bonchev–Trinajstić information content (AvgIpc) is 3.46. The molecule has 1 unspecified atom stereocenters. The number of nitrogens with one attached hydrogen (secondary N) is 1. The average molecular weight is 466 g/mol. The summed E-state index contributed by atoms with van der Waals surface area (Å²) in [4.78, 5) is 12.8. The lowest BCUT2D eigenvalue weighted by Crippen LogP contribution is -2.46. The van der Waals surface area contributed by atoms with Crippen molar-refractivity contribution in [1.82, 2.24) is 25.5 Å². The first kappa shape index (κ1) is 19.8. The SMILES string of the molecule is CC(Sc1nnnn1C1CC1)C(=O)NCC1(c2cccc(Br)c2)CCOCC1. The lowest BCUT2D eigenvalue weighted by atomic mass is 9.74. The van der Waals surface area contributed by atoms with Crippen molar-refractivity contribution in [2.45, 2.75) is 54.5 Å². The summed E-state index contributed by atoms with van der Waals surface area (Å²) in [5.74, 6) is 0.0104. The van der Waals surface area contributed by atoms with E-state index in [-0.39, 0.29) is 16.6 Å². The number of ether oxygens (including phenoxy) is 1. The summed E-state index contributed by atoms with van der Waals surface area (Å²) < 4.78 is 8.49. The van der Waals surface area contributed by atoms with Crippen molar-refractivity contribution in [3.63, 3.8) is 0 Å². The highest BCUT2D eigenvalue weighted by Gasteiger charge is 2.36. The van der Waals surface area contributed by atoms with Crippen LogP contribution in [0.4, 0.5) is 0 Å². The van der Waals surface area contributed by atoms with Crippen molar-refractivity contribution in [1.29, 1.82) is 0 Å². The molecule has 0 spiro atoms. The van der Waals surface area contributed by atoms with Gasteiger partial charge in [-0.25, -0.2) is 4.68 Å². The summed E-state index contributed by atoms with van der Waals surface area (Å²) in [6.45, 7) is 3.93. The quantitative estimate of drug-likeness (QED) is 0.632. The van der Waals surface area contributed by atoms with E-state index in [1.807, 2.05) is 17.7 Å². The van der Waals surface area contributed by atoms with E-state index in [0.717, 1.165) is 35.3 Å². The molecule has 9 heteroatoms. The molecule has 4 rings (SSSR count). The van der Waals surface area contributed by atoms with Gasteiger partial charge in [-0.15, -0.1) is 5.10 Å². The zero-order valence-corrected chi connectivity index (χ0v) is 18.2. The zero-order chi connectivity index (χ0) is 19.6. The van der Waals surface area contributed by atoms with Gasteiger partial charge in [-0.3, -0.25) is 4.79 Å². The summed E-state index contributed by atoms with van der Waals surface area (Å²) in [5, 5.41) is 15.5.